The topological polar surface area (TPSA) is 44.6 Å². The van der Waals surface area contributed by atoms with Crippen molar-refractivity contribution >= 4 is 5.97 Å². The number of carboxylic acid groups (broad SMARTS) is 1. The third-order valence-corrected chi connectivity index (χ3v) is 4.41. The summed E-state index contributed by atoms with van der Waals surface area (Å²) < 4.78 is 0. The summed E-state index contributed by atoms with van der Waals surface area (Å²) >= 11 is 0. The lowest BCUT2D eigenvalue weighted by Gasteiger charge is -2.29. The van der Waals surface area contributed by atoms with E-state index in [1.54, 1.807) is 0 Å². The number of carbonyl (C=O) groups is 1. The van der Waals surface area contributed by atoms with Crippen LogP contribution in [-0.4, -0.2) is 25.6 Å². The normalized spacial score (nSPS) is 21.5. The molecule has 3 heteroatoms. The molecule has 0 saturated carbocycles. The first-order valence-corrected chi connectivity index (χ1v) is 9.11. The first-order chi connectivity index (χ1) is 10.1. The van der Waals surface area contributed by atoms with Crippen LogP contribution in [0.25, 0.3) is 0 Å². The molecule has 0 unspecified atom stereocenters. The molecule has 1 fully saturated rings. The van der Waals surface area contributed by atoms with Crippen LogP contribution in [0.2, 0.25) is 0 Å². The first kappa shape index (κ1) is 20.4. The zero-order valence-electron chi connectivity index (χ0n) is 14.6. The van der Waals surface area contributed by atoms with Crippen LogP contribution >= 0.6 is 0 Å². The molecule has 1 aliphatic rings. The van der Waals surface area contributed by atoms with E-state index in [2.05, 4.69) is 13.8 Å². The Labute approximate surface area is 132 Å². The Bertz CT molecular complexity index is 229. The average molecular weight is 299 g/mol. The summed E-state index contributed by atoms with van der Waals surface area (Å²) in [6.45, 7) is 9.96. The van der Waals surface area contributed by atoms with E-state index >= 15 is 0 Å². The molecule has 0 amide bonds. The fourth-order valence-corrected chi connectivity index (χ4v) is 3.10. The highest BCUT2D eigenvalue weighted by Gasteiger charge is 2.20. The monoisotopic (exact) mass is 299 g/mol. The Morgan fingerprint density at radius 3 is 2.05 bits per heavy atom. The largest absolute Gasteiger partial charge is 0.550 e. The van der Waals surface area contributed by atoms with Crippen molar-refractivity contribution in [3.63, 3.8) is 0 Å². The van der Waals surface area contributed by atoms with Crippen LogP contribution in [0.3, 0.4) is 0 Å². The van der Waals surface area contributed by atoms with E-state index < -0.39 is 5.97 Å². The summed E-state index contributed by atoms with van der Waals surface area (Å²) in [7, 11) is 0. The van der Waals surface area contributed by atoms with Crippen molar-refractivity contribution in [2.75, 3.05) is 19.6 Å². The fraction of sp³-hybridized carbons (Fsp3) is 0.944. The van der Waals surface area contributed by atoms with Gasteiger partial charge in [0.25, 0.3) is 0 Å². The summed E-state index contributed by atoms with van der Waals surface area (Å²) in [5.74, 6) is -0.0150. The lowest BCUT2D eigenvalue weighted by Crippen LogP contribution is -3.13. The van der Waals surface area contributed by atoms with E-state index in [9.17, 15) is 0 Å². The summed E-state index contributed by atoms with van der Waals surface area (Å²) in [5.41, 5.74) is 0. The molecule has 21 heavy (non-hydrogen) atoms. The van der Waals surface area contributed by atoms with Crippen LogP contribution in [0.15, 0.2) is 0 Å². The number of carbonyl (C=O) groups excluding carboxylic acids is 1. The molecule has 0 spiro atoms. The zero-order chi connectivity index (χ0) is 15.9. The van der Waals surface area contributed by atoms with Crippen molar-refractivity contribution in [2.45, 2.75) is 85.0 Å². The van der Waals surface area contributed by atoms with Crippen molar-refractivity contribution in [2.24, 2.45) is 5.92 Å². The molecule has 3 nitrogen and oxygen atoms in total. The zero-order valence-corrected chi connectivity index (χ0v) is 14.6. The number of hydrogen-bond donors (Lipinski definition) is 1. The first-order valence-electron chi connectivity index (χ1n) is 9.11. The number of rotatable bonds is 9. The van der Waals surface area contributed by atoms with Gasteiger partial charge in [-0.15, -0.1) is 0 Å². The van der Waals surface area contributed by atoms with Gasteiger partial charge in [0.15, 0.2) is 0 Å². The predicted octanol–water partition coefficient (Wildman–Crippen LogP) is 2.20. The molecular formula is C18H37NO2. The van der Waals surface area contributed by atoms with Crippen molar-refractivity contribution in [3.05, 3.63) is 0 Å². The maximum Gasteiger partial charge on any atom is 0.0773 e. The van der Waals surface area contributed by atoms with Crippen molar-refractivity contribution in [1.82, 2.24) is 0 Å². The van der Waals surface area contributed by atoms with Gasteiger partial charge in [-0.3, -0.25) is 0 Å². The summed E-state index contributed by atoms with van der Waals surface area (Å²) in [4.78, 5) is 10.8. The van der Waals surface area contributed by atoms with E-state index in [0.29, 0.717) is 0 Å². The van der Waals surface area contributed by atoms with Gasteiger partial charge in [0.1, 0.15) is 0 Å². The number of nitrogens with one attached hydrogen (secondary N) is 1. The van der Waals surface area contributed by atoms with E-state index in [0.717, 1.165) is 12.8 Å². The molecule has 1 N–H and O–H groups in total. The van der Waals surface area contributed by atoms with Crippen LogP contribution in [0.4, 0.5) is 0 Å². The maximum absolute atomic E-state index is 8.89. The molecule has 0 aromatic rings. The number of aliphatic carboxylic acids is 1. The molecule has 0 radical (unpaired) electrons. The minimum Gasteiger partial charge on any atom is -0.550 e. The highest BCUT2D eigenvalue weighted by Crippen LogP contribution is 2.17. The van der Waals surface area contributed by atoms with Crippen LogP contribution < -0.4 is 10.0 Å². The molecule has 1 heterocycles. The van der Waals surface area contributed by atoms with Gasteiger partial charge in [-0.05, 0) is 38.5 Å². The second kappa shape index (κ2) is 14.4. The molecule has 0 bridgehead atoms. The Hall–Kier alpha value is -0.570. The molecule has 0 aliphatic carbocycles. The fourth-order valence-electron chi connectivity index (χ4n) is 3.10. The number of likely N-dealkylation sites (tertiary alicyclic amines) is 1. The third kappa shape index (κ3) is 14.1. The minimum atomic E-state index is -1.08. The Balaban J connectivity index is 0.000000885. The van der Waals surface area contributed by atoms with Gasteiger partial charge in [-0.25, -0.2) is 0 Å². The molecule has 0 atom stereocenters. The Kier molecular flexibility index (Phi) is 14.0. The van der Waals surface area contributed by atoms with Gasteiger partial charge in [0.2, 0.25) is 0 Å². The van der Waals surface area contributed by atoms with Gasteiger partial charge in [-0.1, -0.05) is 52.4 Å². The Morgan fingerprint density at radius 1 is 1.00 bits per heavy atom. The van der Waals surface area contributed by atoms with Crippen LogP contribution in [-0.2, 0) is 4.79 Å². The molecule has 1 saturated heterocycles. The Morgan fingerprint density at radius 2 is 1.52 bits per heavy atom. The molecule has 1 aliphatic heterocycles. The highest BCUT2D eigenvalue weighted by molar-refractivity contribution is 5.60. The van der Waals surface area contributed by atoms with E-state index in [-0.39, 0.29) is 0 Å². The third-order valence-electron chi connectivity index (χ3n) is 4.41. The van der Waals surface area contributed by atoms with Gasteiger partial charge in [-0.2, -0.15) is 0 Å². The molecule has 0 aromatic heterocycles. The van der Waals surface area contributed by atoms with E-state index in [1.165, 1.54) is 83.8 Å². The van der Waals surface area contributed by atoms with Gasteiger partial charge < -0.3 is 14.8 Å². The SMILES string of the molecule is CC(=O)[O-].CCCCCCC[NH+]1CCC(CCCC)CC1. The van der Waals surface area contributed by atoms with E-state index in [4.69, 9.17) is 9.90 Å². The lowest BCUT2D eigenvalue weighted by atomic mass is 9.91. The summed E-state index contributed by atoms with van der Waals surface area (Å²) in [5, 5.41) is 8.89. The summed E-state index contributed by atoms with van der Waals surface area (Å²) in [6.07, 6.45) is 14.6. The smallest absolute Gasteiger partial charge is 0.0773 e. The van der Waals surface area contributed by atoms with Gasteiger partial charge in [0, 0.05) is 5.97 Å². The highest BCUT2D eigenvalue weighted by atomic mass is 16.4. The number of carboxylic acids is 1. The minimum absolute atomic E-state index is 0.972. The van der Waals surface area contributed by atoms with Crippen molar-refractivity contribution < 1.29 is 14.8 Å². The molecule has 1 rings (SSSR count). The molecule has 126 valence electrons. The van der Waals surface area contributed by atoms with Gasteiger partial charge in [0.05, 0.1) is 19.6 Å². The van der Waals surface area contributed by atoms with Crippen LogP contribution in [0.5, 0.6) is 0 Å². The van der Waals surface area contributed by atoms with E-state index in [1.807, 2.05) is 4.90 Å². The van der Waals surface area contributed by atoms with Crippen molar-refractivity contribution in [1.29, 1.82) is 0 Å². The second-order valence-corrected chi connectivity index (χ2v) is 6.49. The average Bonchev–Trinajstić information content (AvgIpc) is 2.45. The summed E-state index contributed by atoms with van der Waals surface area (Å²) in [6, 6.07) is 0. The second-order valence-electron chi connectivity index (χ2n) is 6.49. The number of piperidine rings is 1. The number of hydrogen-bond acceptors (Lipinski definition) is 2. The number of unbranched alkanes of at least 4 members (excludes halogenated alkanes) is 5. The van der Waals surface area contributed by atoms with Gasteiger partial charge >= 0.3 is 0 Å². The maximum atomic E-state index is 8.89. The van der Waals surface area contributed by atoms with Crippen LogP contribution in [0.1, 0.15) is 85.0 Å². The predicted molar refractivity (Wildman–Crippen MR) is 87.3 cm³/mol. The number of quaternary nitrogens is 1. The van der Waals surface area contributed by atoms with Crippen molar-refractivity contribution in [3.8, 4) is 0 Å². The quantitative estimate of drug-likeness (QED) is 0.663. The standard InChI is InChI=1S/C16H33N.C2H4O2/c1-3-5-7-8-9-13-17-14-11-16(12-15-17)10-6-4-2;1-2(3)4/h16H,3-15H2,1-2H3;1H3,(H,3,4). The lowest BCUT2D eigenvalue weighted by molar-refractivity contribution is -0.906. The molecule has 0 aromatic carbocycles. The van der Waals surface area contributed by atoms with Crippen LogP contribution in [0, 0.1) is 5.92 Å². The molecular weight excluding hydrogens is 262 g/mol.